The Kier molecular flexibility index (Phi) is 6.08. The molecule has 0 bridgehead atoms. The number of ether oxygens (including phenoxy) is 1. The van der Waals surface area contributed by atoms with Crippen molar-refractivity contribution in [3.63, 3.8) is 0 Å². The lowest BCUT2D eigenvalue weighted by Gasteiger charge is -2.33. The van der Waals surface area contributed by atoms with Gasteiger partial charge in [-0.05, 0) is 17.7 Å². The third-order valence-corrected chi connectivity index (χ3v) is 6.07. The first kappa shape index (κ1) is 18.6. The first-order chi connectivity index (χ1) is 12.6. The van der Waals surface area contributed by atoms with Crippen LogP contribution in [0.4, 0.5) is 0 Å². The summed E-state index contributed by atoms with van der Waals surface area (Å²) < 4.78 is 32.0. The average molecular weight is 372 g/mol. The molecule has 0 saturated carbocycles. The lowest BCUT2D eigenvalue weighted by molar-refractivity contribution is 0.181. The van der Waals surface area contributed by atoms with Gasteiger partial charge in [0.2, 0.25) is 10.0 Å². The van der Waals surface area contributed by atoms with Gasteiger partial charge in [0.05, 0.1) is 7.11 Å². The van der Waals surface area contributed by atoms with E-state index < -0.39 is 10.0 Å². The monoisotopic (exact) mass is 372 g/mol. The minimum Gasteiger partial charge on any atom is -0.496 e. The van der Waals surface area contributed by atoms with Gasteiger partial charge in [-0.25, -0.2) is 8.42 Å². The largest absolute Gasteiger partial charge is 0.496 e. The Morgan fingerprint density at radius 3 is 2.31 bits per heavy atom. The standard InChI is InChI=1S/C20H24N2O3S/c1-25-20-10-6-5-9-19(20)17-21-12-14-22(15-13-21)26(23,24)16-11-18-7-3-2-4-8-18/h2-11,16H,12-15,17H2,1H3/b16-11+. The van der Waals surface area contributed by atoms with Crippen molar-refractivity contribution >= 4 is 16.1 Å². The summed E-state index contributed by atoms with van der Waals surface area (Å²) in [4.78, 5) is 2.25. The maximum atomic E-state index is 12.5. The molecule has 0 unspecified atom stereocenters. The van der Waals surface area contributed by atoms with Crippen LogP contribution in [-0.2, 0) is 16.6 Å². The van der Waals surface area contributed by atoms with Gasteiger partial charge in [-0.3, -0.25) is 4.90 Å². The molecule has 0 amide bonds. The van der Waals surface area contributed by atoms with E-state index >= 15 is 0 Å². The number of hydrogen-bond acceptors (Lipinski definition) is 4. The molecule has 6 heteroatoms. The summed E-state index contributed by atoms with van der Waals surface area (Å²) in [7, 11) is -1.72. The van der Waals surface area contributed by atoms with Gasteiger partial charge in [0.1, 0.15) is 5.75 Å². The molecular weight excluding hydrogens is 348 g/mol. The van der Waals surface area contributed by atoms with E-state index in [-0.39, 0.29) is 0 Å². The third-order valence-electron chi connectivity index (χ3n) is 4.51. The highest BCUT2D eigenvalue weighted by atomic mass is 32.2. The fourth-order valence-electron chi connectivity index (χ4n) is 3.03. The molecule has 138 valence electrons. The smallest absolute Gasteiger partial charge is 0.236 e. The predicted molar refractivity (Wildman–Crippen MR) is 104 cm³/mol. The molecule has 3 rings (SSSR count). The zero-order valence-corrected chi connectivity index (χ0v) is 15.7. The van der Waals surface area contributed by atoms with Gasteiger partial charge in [-0.2, -0.15) is 4.31 Å². The third kappa shape index (κ3) is 4.72. The maximum absolute atomic E-state index is 12.5. The van der Waals surface area contributed by atoms with Gasteiger partial charge in [-0.15, -0.1) is 0 Å². The summed E-state index contributed by atoms with van der Waals surface area (Å²) in [6.07, 6.45) is 1.65. The van der Waals surface area contributed by atoms with Crippen LogP contribution in [0.15, 0.2) is 60.0 Å². The fraction of sp³-hybridized carbons (Fsp3) is 0.300. The molecule has 1 aliphatic rings. The van der Waals surface area contributed by atoms with Crippen molar-refractivity contribution in [3.05, 3.63) is 71.1 Å². The molecule has 2 aromatic carbocycles. The quantitative estimate of drug-likeness (QED) is 0.782. The van der Waals surface area contributed by atoms with Gasteiger partial charge in [0.25, 0.3) is 0 Å². The molecule has 0 atom stereocenters. The maximum Gasteiger partial charge on any atom is 0.236 e. The molecule has 0 spiro atoms. The summed E-state index contributed by atoms with van der Waals surface area (Å²) in [5, 5.41) is 1.30. The van der Waals surface area contributed by atoms with Gasteiger partial charge < -0.3 is 4.74 Å². The lowest BCUT2D eigenvalue weighted by Crippen LogP contribution is -2.47. The van der Waals surface area contributed by atoms with Crippen LogP contribution < -0.4 is 4.74 Å². The molecular formula is C20H24N2O3S. The SMILES string of the molecule is COc1ccccc1CN1CCN(S(=O)(=O)/C=C/c2ccccc2)CC1. The second kappa shape index (κ2) is 8.49. The molecule has 0 N–H and O–H groups in total. The van der Waals surface area contributed by atoms with Crippen LogP contribution >= 0.6 is 0 Å². The van der Waals surface area contributed by atoms with E-state index in [9.17, 15) is 8.42 Å². The molecule has 5 nitrogen and oxygen atoms in total. The van der Waals surface area contributed by atoms with Crippen molar-refractivity contribution in [1.82, 2.24) is 9.21 Å². The van der Waals surface area contributed by atoms with Crippen molar-refractivity contribution in [3.8, 4) is 5.75 Å². The highest BCUT2D eigenvalue weighted by Gasteiger charge is 2.25. The fourth-order valence-corrected chi connectivity index (χ4v) is 4.20. The summed E-state index contributed by atoms with van der Waals surface area (Å²) in [6, 6.07) is 17.4. The summed E-state index contributed by atoms with van der Waals surface area (Å²) in [5.74, 6) is 0.869. The zero-order chi connectivity index (χ0) is 18.4. The Labute approximate surface area is 155 Å². The zero-order valence-electron chi connectivity index (χ0n) is 14.9. The van der Waals surface area contributed by atoms with Crippen LogP contribution in [0.2, 0.25) is 0 Å². The molecule has 1 aliphatic heterocycles. The number of rotatable bonds is 6. The number of para-hydroxylation sites is 1. The minimum atomic E-state index is -3.39. The van der Waals surface area contributed by atoms with E-state index in [2.05, 4.69) is 4.90 Å². The van der Waals surface area contributed by atoms with E-state index in [0.29, 0.717) is 26.2 Å². The number of hydrogen-bond donors (Lipinski definition) is 0. The van der Waals surface area contributed by atoms with E-state index in [1.807, 2.05) is 54.6 Å². The predicted octanol–water partition coefficient (Wildman–Crippen LogP) is 2.81. The van der Waals surface area contributed by atoms with Crippen LogP contribution in [0.3, 0.4) is 0 Å². The van der Waals surface area contributed by atoms with Gasteiger partial charge in [0.15, 0.2) is 0 Å². The van der Waals surface area contributed by atoms with Gasteiger partial charge >= 0.3 is 0 Å². The van der Waals surface area contributed by atoms with E-state index in [1.54, 1.807) is 17.5 Å². The van der Waals surface area contributed by atoms with Crippen molar-refractivity contribution < 1.29 is 13.2 Å². The Morgan fingerprint density at radius 1 is 0.962 bits per heavy atom. The van der Waals surface area contributed by atoms with Crippen LogP contribution in [0.25, 0.3) is 6.08 Å². The molecule has 1 saturated heterocycles. The van der Waals surface area contributed by atoms with Crippen molar-refractivity contribution in [2.75, 3.05) is 33.3 Å². The average Bonchev–Trinajstić information content (AvgIpc) is 2.68. The number of piperazine rings is 1. The van der Waals surface area contributed by atoms with Crippen LogP contribution in [-0.4, -0.2) is 50.9 Å². The van der Waals surface area contributed by atoms with Crippen LogP contribution in [0.5, 0.6) is 5.75 Å². The first-order valence-corrected chi connectivity index (χ1v) is 10.2. The molecule has 2 aromatic rings. The lowest BCUT2D eigenvalue weighted by atomic mass is 10.2. The Balaban J connectivity index is 1.58. The Hall–Kier alpha value is -2.15. The van der Waals surface area contributed by atoms with Crippen LogP contribution in [0.1, 0.15) is 11.1 Å². The number of nitrogens with zero attached hydrogens (tertiary/aromatic N) is 2. The van der Waals surface area contributed by atoms with Gasteiger partial charge in [-0.1, -0.05) is 48.5 Å². The Bertz CT molecular complexity index is 842. The number of sulfonamides is 1. The van der Waals surface area contributed by atoms with Gasteiger partial charge in [0, 0.05) is 43.7 Å². The summed E-state index contributed by atoms with van der Waals surface area (Å²) in [5.41, 5.74) is 2.00. The van der Waals surface area contributed by atoms with Crippen molar-refractivity contribution in [2.45, 2.75) is 6.54 Å². The second-order valence-corrected chi connectivity index (χ2v) is 8.06. The van der Waals surface area contributed by atoms with Crippen molar-refractivity contribution in [1.29, 1.82) is 0 Å². The summed E-state index contributed by atoms with van der Waals surface area (Å²) in [6.45, 7) is 3.16. The molecule has 0 radical (unpaired) electrons. The number of methoxy groups -OCH3 is 1. The molecule has 0 aromatic heterocycles. The highest BCUT2D eigenvalue weighted by Crippen LogP contribution is 2.20. The molecule has 0 aliphatic carbocycles. The normalized spacial score (nSPS) is 16.8. The molecule has 1 fully saturated rings. The van der Waals surface area contributed by atoms with E-state index in [1.165, 1.54) is 5.41 Å². The van der Waals surface area contributed by atoms with E-state index in [4.69, 9.17) is 4.74 Å². The first-order valence-electron chi connectivity index (χ1n) is 8.66. The molecule has 26 heavy (non-hydrogen) atoms. The Morgan fingerprint density at radius 2 is 1.62 bits per heavy atom. The minimum absolute atomic E-state index is 0.497. The molecule has 1 heterocycles. The van der Waals surface area contributed by atoms with Crippen molar-refractivity contribution in [2.24, 2.45) is 0 Å². The topological polar surface area (TPSA) is 49.9 Å². The number of benzene rings is 2. The summed E-state index contributed by atoms with van der Waals surface area (Å²) >= 11 is 0. The van der Waals surface area contributed by atoms with E-state index in [0.717, 1.165) is 23.4 Å². The highest BCUT2D eigenvalue weighted by molar-refractivity contribution is 7.92. The van der Waals surface area contributed by atoms with Crippen LogP contribution in [0, 0.1) is 0 Å². The second-order valence-electron chi connectivity index (χ2n) is 6.25.